The molecule has 1 aromatic heterocycles. The Morgan fingerprint density at radius 3 is 2.44 bits per heavy atom. The number of carbonyl (C=O) groups is 1. The van der Waals surface area contributed by atoms with E-state index in [1.807, 2.05) is 0 Å². The maximum atomic E-state index is 12.6. The topological polar surface area (TPSA) is 73.7 Å². The highest BCUT2D eigenvalue weighted by molar-refractivity contribution is 7.83. The fraction of sp³-hybridized carbons (Fsp3) is 0.412. The van der Waals surface area contributed by atoms with E-state index in [1.54, 1.807) is 27.0 Å². The van der Waals surface area contributed by atoms with Crippen LogP contribution < -0.4 is 4.74 Å². The van der Waals surface area contributed by atoms with Crippen LogP contribution in [0, 0.1) is 0 Å². The molecule has 10 heteroatoms. The number of ether oxygens (including phenoxy) is 2. The highest BCUT2D eigenvalue weighted by Crippen LogP contribution is 2.25. The Bertz CT molecular complexity index is 839. The van der Waals surface area contributed by atoms with Crippen molar-refractivity contribution in [3.05, 3.63) is 41.7 Å². The molecule has 1 aliphatic heterocycles. The van der Waals surface area contributed by atoms with Gasteiger partial charge in [-0.05, 0) is 45.0 Å². The molecule has 0 saturated carbocycles. The molecule has 0 bridgehead atoms. The molecule has 1 unspecified atom stereocenters. The van der Waals surface area contributed by atoms with Gasteiger partial charge < -0.3 is 9.47 Å². The second-order valence-corrected chi connectivity index (χ2v) is 8.28. The molecule has 1 aromatic carbocycles. The number of rotatable bonds is 4. The number of benzene rings is 1. The lowest BCUT2D eigenvalue weighted by atomic mass is 10.2. The molecule has 0 fully saturated rings. The maximum Gasteiger partial charge on any atom is 0.410 e. The van der Waals surface area contributed by atoms with Gasteiger partial charge in [-0.1, -0.05) is 0 Å². The zero-order valence-corrected chi connectivity index (χ0v) is 15.8. The largest absolute Gasteiger partial charge is 0.444 e. The van der Waals surface area contributed by atoms with E-state index in [4.69, 9.17) is 4.74 Å². The number of halogens is 2. The normalized spacial score (nSPS) is 15.0. The van der Waals surface area contributed by atoms with Crippen molar-refractivity contribution in [1.82, 2.24) is 14.1 Å². The summed E-state index contributed by atoms with van der Waals surface area (Å²) in [6.45, 7) is 3.06. The first-order valence-electron chi connectivity index (χ1n) is 8.15. The van der Waals surface area contributed by atoms with Crippen LogP contribution in [0.2, 0.25) is 0 Å². The molecular weight excluding hydrogens is 380 g/mol. The van der Waals surface area contributed by atoms with E-state index in [2.05, 4.69) is 9.84 Å². The first kappa shape index (κ1) is 19.3. The van der Waals surface area contributed by atoms with Crippen molar-refractivity contribution in [3.8, 4) is 5.75 Å². The Morgan fingerprint density at radius 2 is 1.89 bits per heavy atom. The van der Waals surface area contributed by atoms with Gasteiger partial charge in [0.25, 0.3) is 0 Å². The number of carbonyl (C=O) groups excluding carboxylic acids is 1. The highest BCUT2D eigenvalue weighted by Gasteiger charge is 2.30. The molecule has 0 N–H and O–H groups in total. The number of nitrogens with zero attached hydrogens (tertiary/aromatic N) is 3. The molecule has 0 radical (unpaired) electrons. The van der Waals surface area contributed by atoms with Crippen molar-refractivity contribution in [2.24, 2.45) is 0 Å². The van der Waals surface area contributed by atoms with Gasteiger partial charge in [0.1, 0.15) is 11.4 Å². The number of hydrogen-bond acceptors (Lipinski definition) is 5. The number of aromatic nitrogens is 2. The Labute approximate surface area is 157 Å². The van der Waals surface area contributed by atoms with Crippen LogP contribution in [0.5, 0.6) is 5.75 Å². The Morgan fingerprint density at radius 1 is 1.22 bits per heavy atom. The van der Waals surface area contributed by atoms with Gasteiger partial charge in [-0.2, -0.15) is 18.0 Å². The minimum atomic E-state index is -2.91. The van der Waals surface area contributed by atoms with Crippen LogP contribution >= 0.6 is 0 Å². The van der Waals surface area contributed by atoms with E-state index in [0.717, 1.165) is 5.56 Å². The molecule has 27 heavy (non-hydrogen) atoms. The number of fused-ring (bicyclic) bond motifs is 1. The molecular formula is C17H19F2N3O4S. The predicted molar refractivity (Wildman–Crippen MR) is 92.6 cm³/mol. The third-order valence-corrected chi connectivity index (χ3v) is 4.83. The van der Waals surface area contributed by atoms with Crippen molar-refractivity contribution in [2.45, 2.75) is 51.0 Å². The van der Waals surface area contributed by atoms with Crippen molar-refractivity contribution >= 4 is 17.1 Å². The quantitative estimate of drug-likeness (QED) is 0.789. The standard InChI is InChI=1S/C17H19F2N3O4S/c1-17(2,3)26-16(23)21-8-11-9-22(20-14(11)10-21)27(24)13-6-4-12(5-7-13)25-15(18)19/h4-7,9,15H,8,10H2,1-3H3. The van der Waals surface area contributed by atoms with Crippen LogP contribution in [0.25, 0.3) is 0 Å². The van der Waals surface area contributed by atoms with Crippen molar-refractivity contribution in [3.63, 3.8) is 0 Å². The molecule has 1 atom stereocenters. The van der Waals surface area contributed by atoms with Gasteiger partial charge in [0.05, 0.1) is 23.7 Å². The van der Waals surface area contributed by atoms with Gasteiger partial charge in [-0.25, -0.2) is 9.00 Å². The minimum absolute atomic E-state index is 0.0123. The molecule has 7 nitrogen and oxygen atoms in total. The molecule has 1 aliphatic rings. The van der Waals surface area contributed by atoms with Crippen LogP contribution in [0.15, 0.2) is 35.4 Å². The summed E-state index contributed by atoms with van der Waals surface area (Å²) >= 11 is 0. The second kappa shape index (κ2) is 7.26. The highest BCUT2D eigenvalue weighted by atomic mass is 32.2. The molecule has 2 heterocycles. The van der Waals surface area contributed by atoms with Gasteiger partial charge in [0, 0.05) is 11.8 Å². The summed E-state index contributed by atoms with van der Waals surface area (Å²) in [6, 6.07) is 5.52. The summed E-state index contributed by atoms with van der Waals surface area (Å²) in [5.41, 5.74) is 0.845. The van der Waals surface area contributed by atoms with Gasteiger partial charge in [0.2, 0.25) is 0 Å². The summed E-state index contributed by atoms with van der Waals surface area (Å²) < 4.78 is 47.9. The lowest BCUT2D eigenvalue weighted by Gasteiger charge is -2.24. The smallest absolute Gasteiger partial charge is 0.410 e. The Hall–Kier alpha value is -2.49. The zero-order valence-electron chi connectivity index (χ0n) is 15.0. The van der Waals surface area contributed by atoms with Gasteiger partial charge in [0.15, 0.2) is 11.0 Å². The molecule has 0 spiro atoms. The van der Waals surface area contributed by atoms with E-state index >= 15 is 0 Å². The second-order valence-electron chi connectivity index (χ2n) is 6.94. The van der Waals surface area contributed by atoms with Crippen LogP contribution in [-0.4, -0.2) is 36.6 Å². The summed E-state index contributed by atoms with van der Waals surface area (Å²) in [7, 11) is -1.63. The fourth-order valence-electron chi connectivity index (χ4n) is 2.51. The van der Waals surface area contributed by atoms with E-state index in [9.17, 15) is 17.8 Å². The molecule has 3 rings (SSSR count). The molecule has 146 valence electrons. The van der Waals surface area contributed by atoms with Crippen molar-refractivity contribution < 1.29 is 27.3 Å². The Kier molecular flexibility index (Phi) is 5.18. The third-order valence-electron chi connectivity index (χ3n) is 3.63. The monoisotopic (exact) mass is 399 g/mol. The van der Waals surface area contributed by atoms with Crippen LogP contribution in [-0.2, 0) is 28.8 Å². The first-order chi connectivity index (χ1) is 12.6. The lowest BCUT2D eigenvalue weighted by molar-refractivity contribution is -0.0498. The number of alkyl halides is 2. The van der Waals surface area contributed by atoms with E-state index in [1.165, 1.54) is 33.3 Å². The molecule has 0 aliphatic carbocycles. The van der Waals surface area contributed by atoms with E-state index in [-0.39, 0.29) is 12.3 Å². The van der Waals surface area contributed by atoms with Crippen LogP contribution in [0.1, 0.15) is 32.0 Å². The van der Waals surface area contributed by atoms with E-state index < -0.39 is 29.3 Å². The summed E-state index contributed by atoms with van der Waals surface area (Å²) in [6.07, 6.45) is 1.18. The van der Waals surface area contributed by atoms with Gasteiger partial charge in [-0.3, -0.25) is 4.90 Å². The van der Waals surface area contributed by atoms with Crippen LogP contribution in [0.4, 0.5) is 13.6 Å². The maximum absolute atomic E-state index is 12.6. The molecule has 0 saturated heterocycles. The average molecular weight is 399 g/mol. The summed E-state index contributed by atoms with van der Waals surface area (Å²) in [5.74, 6) is -0.0123. The van der Waals surface area contributed by atoms with Gasteiger partial charge >= 0.3 is 12.7 Å². The minimum Gasteiger partial charge on any atom is -0.444 e. The lowest BCUT2D eigenvalue weighted by Crippen LogP contribution is -2.33. The average Bonchev–Trinajstić information content (AvgIpc) is 3.11. The first-order valence-corrected chi connectivity index (χ1v) is 9.25. The predicted octanol–water partition coefficient (Wildman–Crippen LogP) is 3.31. The van der Waals surface area contributed by atoms with Gasteiger partial charge in [-0.15, -0.1) is 0 Å². The Balaban J connectivity index is 1.67. The summed E-state index contributed by atoms with van der Waals surface area (Å²) in [4.78, 5) is 14.0. The molecule has 2 aromatic rings. The number of amides is 1. The van der Waals surface area contributed by atoms with Crippen molar-refractivity contribution in [2.75, 3.05) is 0 Å². The summed E-state index contributed by atoms with van der Waals surface area (Å²) in [5, 5.41) is 4.28. The van der Waals surface area contributed by atoms with Crippen LogP contribution in [0.3, 0.4) is 0 Å². The SMILES string of the molecule is CC(C)(C)OC(=O)N1Cc2cn(S(=O)c3ccc(OC(F)F)cc3)nc2C1. The number of hydrogen-bond donors (Lipinski definition) is 0. The van der Waals surface area contributed by atoms with Crippen molar-refractivity contribution in [1.29, 1.82) is 0 Å². The molecule has 1 amide bonds. The third kappa shape index (κ3) is 4.62. The fourth-order valence-corrected chi connectivity index (χ4v) is 3.49. The zero-order chi connectivity index (χ0) is 19.8. The van der Waals surface area contributed by atoms with E-state index in [0.29, 0.717) is 17.1 Å².